The van der Waals surface area contributed by atoms with Crippen LogP contribution in [0, 0.1) is 5.82 Å². The molecule has 1 aliphatic rings. The molecule has 0 amide bonds. The Kier molecular flexibility index (Phi) is 6.75. The van der Waals surface area contributed by atoms with E-state index in [1.165, 1.54) is 36.8 Å². The first kappa shape index (κ1) is 21.1. The molecule has 0 radical (unpaired) electrons. The Morgan fingerprint density at radius 1 is 1.38 bits per heavy atom. The molecule has 152 valence electrons. The molecule has 3 rings (SSSR count). The van der Waals surface area contributed by atoms with Gasteiger partial charge in [0.25, 0.3) is 0 Å². The Morgan fingerprint density at radius 3 is 2.86 bits per heavy atom. The number of carbonyl (C=O) groups is 2. The van der Waals surface area contributed by atoms with Crippen molar-refractivity contribution < 1.29 is 23.5 Å². The van der Waals surface area contributed by atoms with E-state index in [1.807, 2.05) is 0 Å². The van der Waals surface area contributed by atoms with E-state index in [0.29, 0.717) is 26.6 Å². The molecule has 1 unspecified atom stereocenters. The molecule has 7 nitrogen and oxygen atoms in total. The van der Waals surface area contributed by atoms with Crippen LogP contribution < -0.4 is 5.32 Å². The number of esters is 2. The van der Waals surface area contributed by atoms with E-state index in [-0.39, 0.29) is 18.6 Å². The van der Waals surface area contributed by atoms with Crippen LogP contribution in [0.4, 0.5) is 4.39 Å². The fraction of sp³-hybridized carbons (Fsp3) is 0.263. The monoisotopic (exact) mass is 481 g/mol. The van der Waals surface area contributed by atoms with Gasteiger partial charge in [-0.2, -0.15) is 0 Å². The third-order valence-corrected chi connectivity index (χ3v) is 5.58. The predicted octanol–water partition coefficient (Wildman–Crippen LogP) is 3.30. The molecular formula is C19H17BrFN3O4S. The highest BCUT2D eigenvalue weighted by Gasteiger charge is 2.30. The molecule has 0 saturated heterocycles. The van der Waals surface area contributed by atoms with Gasteiger partial charge >= 0.3 is 11.9 Å². The molecule has 1 aliphatic heterocycles. The number of thiazole rings is 1. The molecule has 0 bridgehead atoms. The van der Waals surface area contributed by atoms with Gasteiger partial charge in [-0.05, 0) is 24.6 Å². The van der Waals surface area contributed by atoms with E-state index >= 15 is 0 Å². The maximum Gasteiger partial charge on any atom is 0.338 e. The summed E-state index contributed by atoms with van der Waals surface area (Å²) in [4.78, 5) is 32.9. The Balaban J connectivity index is 1.96. The summed E-state index contributed by atoms with van der Waals surface area (Å²) in [6, 6.07) is 3.47. The molecule has 1 aromatic carbocycles. The van der Waals surface area contributed by atoms with Gasteiger partial charge in [-0.25, -0.2) is 14.2 Å². The number of hydrogen-bond donors (Lipinski definition) is 1. The lowest BCUT2D eigenvalue weighted by Gasteiger charge is -2.22. The highest BCUT2D eigenvalue weighted by atomic mass is 79.9. The number of carbonyl (C=O) groups excluding carboxylic acids is 2. The first-order valence-corrected chi connectivity index (χ1v) is 10.3. The molecule has 2 heterocycles. The summed E-state index contributed by atoms with van der Waals surface area (Å²) in [6.07, 6.45) is 1.57. The number of ether oxygens (including phenoxy) is 2. The summed E-state index contributed by atoms with van der Waals surface area (Å²) < 4.78 is 23.8. The summed E-state index contributed by atoms with van der Waals surface area (Å²) in [5, 5.41) is 5.25. The number of benzene rings is 1. The average Bonchev–Trinajstić information content (AvgIpc) is 3.16. The van der Waals surface area contributed by atoms with Crippen LogP contribution in [0.2, 0.25) is 0 Å². The standard InChI is InChI=1S/C19H17BrFN3O4S/c1-3-28-19(26)13-8-22-17(18-23-11(9-29-18)7-15(25)27-2)24-16(13)12-5-4-10(21)6-14(12)20/h4-6,8-9,16H,3,7H2,1-2H3,(H,22,24). The number of amidine groups is 1. The minimum absolute atomic E-state index is 0.0527. The van der Waals surface area contributed by atoms with Crippen molar-refractivity contribution in [2.75, 3.05) is 13.7 Å². The van der Waals surface area contributed by atoms with Crippen molar-refractivity contribution in [3.8, 4) is 0 Å². The summed E-state index contributed by atoms with van der Waals surface area (Å²) >= 11 is 4.64. The highest BCUT2D eigenvalue weighted by molar-refractivity contribution is 9.10. The second kappa shape index (κ2) is 9.27. The molecule has 29 heavy (non-hydrogen) atoms. The zero-order chi connectivity index (χ0) is 21.0. The van der Waals surface area contributed by atoms with Crippen LogP contribution in [0.15, 0.2) is 44.8 Å². The molecule has 2 aromatic rings. The number of methoxy groups -OCH3 is 1. The van der Waals surface area contributed by atoms with Gasteiger partial charge in [0.1, 0.15) is 11.9 Å². The van der Waals surface area contributed by atoms with Gasteiger partial charge in [-0.3, -0.25) is 9.79 Å². The van der Waals surface area contributed by atoms with Gasteiger partial charge in [0.15, 0.2) is 10.8 Å². The second-order valence-corrected chi connectivity index (χ2v) is 7.62. The van der Waals surface area contributed by atoms with Gasteiger partial charge in [-0.15, -0.1) is 11.3 Å². The van der Waals surface area contributed by atoms with Crippen LogP contribution in [0.3, 0.4) is 0 Å². The van der Waals surface area contributed by atoms with Crippen molar-refractivity contribution in [3.63, 3.8) is 0 Å². The Morgan fingerprint density at radius 2 is 2.17 bits per heavy atom. The van der Waals surface area contributed by atoms with Crippen molar-refractivity contribution >= 4 is 45.0 Å². The molecule has 10 heteroatoms. The molecule has 1 N–H and O–H groups in total. The largest absolute Gasteiger partial charge is 0.469 e. The molecule has 0 spiro atoms. The predicted molar refractivity (Wildman–Crippen MR) is 109 cm³/mol. The summed E-state index contributed by atoms with van der Waals surface area (Å²) in [5.41, 5.74) is 1.45. The Bertz CT molecular complexity index is 1010. The molecule has 0 aliphatic carbocycles. The van der Waals surface area contributed by atoms with E-state index in [9.17, 15) is 14.0 Å². The average molecular weight is 482 g/mol. The third kappa shape index (κ3) is 4.88. The number of nitrogens with zero attached hydrogens (tertiary/aromatic N) is 2. The Hall–Kier alpha value is -2.59. The van der Waals surface area contributed by atoms with Gasteiger partial charge in [-0.1, -0.05) is 22.0 Å². The van der Waals surface area contributed by atoms with Crippen LogP contribution in [0.25, 0.3) is 0 Å². The van der Waals surface area contributed by atoms with Gasteiger partial charge in [0.05, 0.1) is 31.4 Å². The van der Waals surface area contributed by atoms with E-state index in [1.54, 1.807) is 18.4 Å². The zero-order valence-electron chi connectivity index (χ0n) is 15.6. The van der Waals surface area contributed by atoms with Gasteiger partial charge in [0, 0.05) is 16.1 Å². The van der Waals surface area contributed by atoms with Gasteiger partial charge in [0.2, 0.25) is 0 Å². The lowest BCUT2D eigenvalue weighted by molar-refractivity contribution is -0.140. The highest BCUT2D eigenvalue weighted by Crippen LogP contribution is 2.35. The zero-order valence-corrected chi connectivity index (χ0v) is 18.0. The molecule has 1 aromatic heterocycles. The summed E-state index contributed by atoms with van der Waals surface area (Å²) in [6.45, 7) is 1.93. The van der Waals surface area contributed by atoms with E-state index in [4.69, 9.17) is 4.74 Å². The summed E-state index contributed by atoms with van der Waals surface area (Å²) in [7, 11) is 1.31. The number of halogens is 2. The number of nitrogens with one attached hydrogen (secondary N) is 1. The van der Waals surface area contributed by atoms with E-state index in [0.717, 1.165) is 0 Å². The SMILES string of the molecule is CCOC(=O)C1=CNC(c2nc(CC(=O)OC)cs2)=NC1c1ccc(F)cc1Br. The minimum Gasteiger partial charge on any atom is -0.469 e. The maximum absolute atomic E-state index is 13.5. The second-order valence-electron chi connectivity index (χ2n) is 5.91. The van der Waals surface area contributed by atoms with Crippen molar-refractivity contribution in [2.45, 2.75) is 19.4 Å². The first-order chi connectivity index (χ1) is 13.9. The molecular weight excluding hydrogens is 465 g/mol. The topological polar surface area (TPSA) is 89.9 Å². The van der Waals surface area contributed by atoms with Gasteiger partial charge < -0.3 is 14.8 Å². The van der Waals surface area contributed by atoms with Crippen LogP contribution in [-0.2, 0) is 25.5 Å². The summed E-state index contributed by atoms with van der Waals surface area (Å²) in [5.74, 6) is -0.888. The van der Waals surface area contributed by atoms with Crippen LogP contribution in [0.5, 0.6) is 0 Å². The van der Waals surface area contributed by atoms with E-state index in [2.05, 4.69) is 36.0 Å². The molecule has 1 atom stereocenters. The first-order valence-electron chi connectivity index (χ1n) is 8.61. The van der Waals surface area contributed by atoms with Crippen molar-refractivity contribution in [3.05, 3.63) is 61.9 Å². The normalized spacial score (nSPS) is 15.8. The molecule has 0 fully saturated rings. The minimum atomic E-state index is -0.715. The number of rotatable bonds is 6. The molecule has 0 saturated carbocycles. The van der Waals surface area contributed by atoms with Crippen LogP contribution in [0.1, 0.15) is 29.2 Å². The van der Waals surface area contributed by atoms with Crippen molar-refractivity contribution in [1.82, 2.24) is 10.3 Å². The maximum atomic E-state index is 13.5. The van der Waals surface area contributed by atoms with E-state index < -0.39 is 23.8 Å². The smallest absolute Gasteiger partial charge is 0.338 e. The quantitative estimate of drug-likeness (QED) is 0.636. The van der Waals surface area contributed by atoms with Crippen molar-refractivity contribution in [1.29, 1.82) is 0 Å². The lowest BCUT2D eigenvalue weighted by atomic mass is 9.98. The number of hydrogen-bond acceptors (Lipinski definition) is 8. The van der Waals surface area contributed by atoms with Crippen molar-refractivity contribution in [2.24, 2.45) is 4.99 Å². The van der Waals surface area contributed by atoms with Crippen LogP contribution >= 0.6 is 27.3 Å². The number of aromatic nitrogens is 1. The third-order valence-electron chi connectivity index (χ3n) is 3.99. The lowest BCUT2D eigenvalue weighted by Crippen LogP contribution is -2.29. The fourth-order valence-electron chi connectivity index (χ4n) is 2.64. The number of aliphatic imine (C=N–C) groups is 1. The fourth-order valence-corrected chi connectivity index (χ4v) is 3.98. The van der Waals surface area contributed by atoms with Crippen LogP contribution in [-0.4, -0.2) is 36.5 Å². The Labute approximate surface area is 178 Å².